The van der Waals surface area contributed by atoms with Crippen molar-refractivity contribution < 1.29 is 17.9 Å². The molecule has 20 heavy (non-hydrogen) atoms. The van der Waals surface area contributed by atoms with Gasteiger partial charge in [0.25, 0.3) is 0 Å². The van der Waals surface area contributed by atoms with Crippen LogP contribution in [0.15, 0.2) is 24.3 Å². The fraction of sp³-hybridized carbons (Fsp3) is 0.600. The summed E-state index contributed by atoms with van der Waals surface area (Å²) in [5.41, 5.74) is 0.0617. The second-order valence-corrected chi connectivity index (χ2v) is 4.90. The minimum atomic E-state index is -4.30. The van der Waals surface area contributed by atoms with Gasteiger partial charge in [-0.2, -0.15) is 13.2 Å². The second kappa shape index (κ2) is 7.64. The molecule has 1 aromatic rings. The van der Waals surface area contributed by atoms with E-state index < -0.39 is 11.7 Å². The Morgan fingerprint density at radius 1 is 1.30 bits per heavy atom. The van der Waals surface area contributed by atoms with Gasteiger partial charge < -0.3 is 10.1 Å². The van der Waals surface area contributed by atoms with Crippen LogP contribution in [0.2, 0.25) is 0 Å². The summed E-state index contributed by atoms with van der Waals surface area (Å²) in [5.74, 6) is 0. The number of hydrogen-bond donors (Lipinski definition) is 1. The topological polar surface area (TPSA) is 21.3 Å². The zero-order chi connectivity index (χ0) is 15.2. The number of rotatable bonds is 7. The summed E-state index contributed by atoms with van der Waals surface area (Å²) < 4.78 is 43.4. The highest BCUT2D eigenvalue weighted by atomic mass is 19.4. The molecule has 5 heteroatoms. The van der Waals surface area contributed by atoms with Crippen molar-refractivity contribution in [2.24, 2.45) is 0 Å². The van der Waals surface area contributed by atoms with Crippen LogP contribution in [0, 0.1) is 0 Å². The molecule has 0 aliphatic carbocycles. The third kappa shape index (κ3) is 5.13. The summed E-state index contributed by atoms with van der Waals surface area (Å²) in [7, 11) is 1.61. The summed E-state index contributed by atoms with van der Waals surface area (Å²) in [5, 5.41) is 3.32. The van der Waals surface area contributed by atoms with Gasteiger partial charge >= 0.3 is 6.18 Å². The van der Waals surface area contributed by atoms with Crippen molar-refractivity contribution in [3.8, 4) is 0 Å². The van der Waals surface area contributed by atoms with Crippen LogP contribution in [0.25, 0.3) is 0 Å². The maximum absolute atomic E-state index is 12.7. The predicted molar refractivity (Wildman–Crippen MR) is 73.7 cm³/mol. The highest BCUT2D eigenvalue weighted by molar-refractivity contribution is 5.26. The van der Waals surface area contributed by atoms with Crippen molar-refractivity contribution >= 4 is 0 Å². The van der Waals surface area contributed by atoms with E-state index in [4.69, 9.17) is 4.74 Å². The van der Waals surface area contributed by atoms with E-state index in [1.807, 2.05) is 13.8 Å². The first-order valence-corrected chi connectivity index (χ1v) is 6.80. The molecule has 1 N–H and O–H groups in total. The fourth-order valence-corrected chi connectivity index (χ4v) is 2.03. The number of ether oxygens (including phenoxy) is 1. The lowest BCUT2D eigenvalue weighted by molar-refractivity contribution is -0.137. The van der Waals surface area contributed by atoms with E-state index in [1.54, 1.807) is 13.2 Å². The number of halogens is 3. The fourth-order valence-electron chi connectivity index (χ4n) is 2.03. The molecular formula is C15H22F3NO. The zero-order valence-corrected chi connectivity index (χ0v) is 12.1. The van der Waals surface area contributed by atoms with E-state index >= 15 is 0 Å². The van der Waals surface area contributed by atoms with Crippen LogP contribution in [0.4, 0.5) is 13.2 Å². The third-order valence-corrected chi connectivity index (χ3v) is 3.30. The molecule has 114 valence electrons. The average Bonchev–Trinajstić information content (AvgIpc) is 2.42. The van der Waals surface area contributed by atoms with Gasteiger partial charge in [0.15, 0.2) is 0 Å². The molecule has 0 saturated heterocycles. The Morgan fingerprint density at radius 3 is 2.55 bits per heavy atom. The van der Waals surface area contributed by atoms with Crippen LogP contribution in [0.3, 0.4) is 0 Å². The number of methoxy groups -OCH3 is 1. The van der Waals surface area contributed by atoms with Gasteiger partial charge in [-0.3, -0.25) is 0 Å². The summed E-state index contributed by atoms with van der Waals surface area (Å²) in [6.45, 7) is 4.78. The molecule has 0 amide bonds. The lowest BCUT2D eigenvalue weighted by atomic mass is 10.00. The maximum atomic E-state index is 12.7. The molecule has 0 fully saturated rings. The summed E-state index contributed by atoms with van der Waals surface area (Å²) in [6.07, 6.45) is -2.87. The molecule has 0 aliphatic rings. The van der Waals surface area contributed by atoms with Crippen LogP contribution >= 0.6 is 0 Å². The van der Waals surface area contributed by atoms with Gasteiger partial charge in [-0.05, 0) is 37.9 Å². The first-order chi connectivity index (χ1) is 9.38. The molecule has 0 saturated carbocycles. The van der Waals surface area contributed by atoms with Gasteiger partial charge in [0.05, 0.1) is 11.7 Å². The van der Waals surface area contributed by atoms with E-state index in [9.17, 15) is 13.2 Å². The van der Waals surface area contributed by atoms with E-state index in [0.29, 0.717) is 12.0 Å². The monoisotopic (exact) mass is 289 g/mol. The van der Waals surface area contributed by atoms with Gasteiger partial charge in [-0.1, -0.05) is 25.1 Å². The highest BCUT2D eigenvalue weighted by Crippen LogP contribution is 2.29. The van der Waals surface area contributed by atoms with Gasteiger partial charge in [-0.15, -0.1) is 0 Å². The van der Waals surface area contributed by atoms with Crippen molar-refractivity contribution in [1.82, 2.24) is 5.32 Å². The first kappa shape index (κ1) is 17.0. The predicted octanol–water partition coefficient (Wildman–Crippen LogP) is 3.65. The summed E-state index contributed by atoms with van der Waals surface area (Å²) in [6, 6.07) is 5.48. The van der Waals surface area contributed by atoms with Gasteiger partial charge in [-0.25, -0.2) is 0 Å². The Bertz CT molecular complexity index is 406. The molecule has 0 spiro atoms. The van der Waals surface area contributed by atoms with E-state index in [-0.39, 0.29) is 12.1 Å². The van der Waals surface area contributed by atoms with Crippen LogP contribution in [0.5, 0.6) is 0 Å². The van der Waals surface area contributed by atoms with Gasteiger partial charge in [0.1, 0.15) is 0 Å². The molecule has 0 aromatic heterocycles. The average molecular weight is 289 g/mol. The molecule has 2 unspecified atom stereocenters. The van der Waals surface area contributed by atoms with Crippen molar-refractivity contribution in [2.75, 3.05) is 13.7 Å². The molecule has 0 bridgehead atoms. The minimum absolute atomic E-state index is 0.00318. The Kier molecular flexibility index (Phi) is 6.49. The molecular weight excluding hydrogens is 267 g/mol. The highest BCUT2D eigenvalue weighted by Gasteiger charge is 2.30. The molecule has 0 heterocycles. The van der Waals surface area contributed by atoms with Crippen molar-refractivity contribution in [3.05, 3.63) is 35.4 Å². The lowest BCUT2D eigenvalue weighted by Gasteiger charge is -2.24. The maximum Gasteiger partial charge on any atom is 0.416 e. The van der Waals surface area contributed by atoms with Gasteiger partial charge in [0, 0.05) is 13.2 Å². The van der Waals surface area contributed by atoms with E-state index in [2.05, 4.69) is 5.32 Å². The van der Waals surface area contributed by atoms with Crippen LogP contribution in [-0.2, 0) is 17.3 Å². The second-order valence-electron chi connectivity index (χ2n) is 4.90. The SMILES string of the molecule is CCCNC(Cc1cccc(C(F)(F)F)c1)C(C)OC. The van der Waals surface area contributed by atoms with Crippen LogP contribution < -0.4 is 5.32 Å². The number of benzene rings is 1. The Hall–Kier alpha value is -1.07. The van der Waals surface area contributed by atoms with Crippen LogP contribution in [-0.4, -0.2) is 25.8 Å². The minimum Gasteiger partial charge on any atom is -0.380 e. The summed E-state index contributed by atoms with van der Waals surface area (Å²) >= 11 is 0. The lowest BCUT2D eigenvalue weighted by Crippen LogP contribution is -2.41. The largest absolute Gasteiger partial charge is 0.416 e. The molecule has 1 aromatic carbocycles. The normalized spacial score (nSPS) is 15.1. The third-order valence-electron chi connectivity index (χ3n) is 3.30. The molecule has 0 aliphatic heterocycles. The van der Waals surface area contributed by atoms with Gasteiger partial charge in [0.2, 0.25) is 0 Å². The van der Waals surface area contributed by atoms with Crippen molar-refractivity contribution in [2.45, 2.75) is 45.0 Å². The molecule has 1 rings (SSSR count). The van der Waals surface area contributed by atoms with Crippen molar-refractivity contribution in [1.29, 1.82) is 0 Å². The Labute approximate surface area is 118 Å². The van der Waals surface area contributed by atoms with E-state index in [0.717, 1.165) is 19.0 Å². The molecule has 2 nitrogen and oxygen atoms in total. The quantitative estimate of drug-likeness (QED) is 0.827. The Morgan fingerprint density at radius 2 is 2.00 bits per heavy atom. The number of hydrogen-bond acceptors (Lipinski definition) is 2. The smallest absolute Gasteiger partial charge is 0.380 e. The van der Waals surface area contributed by atoms with Crippen molar-refractivity contribution in [3.63, 3.8) is 0 Å². The van der Waals surface area contributed by atoms with E-state index in [1.165, 1.54) is 12.1 Å². The standard InChI is InChI=1S/C15H22F3NO/c1-4-8-19-14(11(2)20-3)10-12-6-5-7-13(9-12)15(16,17)18/h5-7,9,11,14,19H,4,8,10H2,1-3H3. The molecule has 0 radical (unpaired) electrons. The Balaban J connectivity index is 2.82. The number of nitrogens with one attached hydrogen (secondary N) is 1. The first-order valence-electron chi connectivity index (χ1n) is 6.80. The number of alkyl halides is 3. The molecule has 2 atom stereocenters. The van der Waals surface area contributed by atoms with Crippen LogP contribution in [0.1, 0.15) is 31.4 Å². The zero-order valence-electron chi connectivity index (χ0n) is 12.1. The summed E-state index contributed by atoms with van der Waals surface area (Å²) in [4.78, 5) is 0.